The number of aromatic nitrogens is 1. The van der Waals surface area contributed by atoms with Crippen molar-refractivity contribution in [2.45, 2.75) is 31.6 Å². The van der Waals surface area contributed by atoms with E-state index in [4.69, 9.17) is 4.74 Å². The molecule has 5 nitrogen and oxygen atoms in total. The first-order valence-electron chi connectivity index (χ1n) is 8.36. The molecule has 0 bridgehead atoms. The van der Waals surface area contributed by atoms with Gasteiger partial charge in [0.1, 0.15) is 11.9 Å². The van der Waals surface area contributed by atoms with Gasteiger partial charge in [0.15, 0.2) is 0 Å². The van der Waals surface area contributed by atoms with Crippen LogP contribution in [-0.2, 0) is 16.1 Å². The zero-order valence-corrected chi connectivity index (χ0v) is 13.8. The van der Waals surface area contributed by atoms with Crippen molar-refractivity contribution in [3.05, 3.63) is 65.7 Å². The summed E-state index contributed by atoms with van der Waals surface area (Å²) in [5, 5.41) is 9.59. The van der Waals surface area contributed by atoms with Crippen LogP contribution in [-0.4, -0.2) is 40.2 Å². The quantitative estimate of drug-likeness (QED) is 0.873. The first-order valence-corrected chi connectivity index (χ1v) is 8.36. The first-order chi connectivity index (χ1) is 12.1. The molecule has 132 valence electrons. The zero-order valence-electron chi connectivity index (χ0n) is 13.8. The van der Waals surface area contributed by atoms with Gasteiger partial charge in [-0.2, -0.15) is 0 Å². The highest BCUT2D eigenvalue weighted by atomic mass is 19.1. The van der Waals surface area contributed by atoms with Gasteiger partial charge in [-0.1, -0.05) is 18.2 Å². The molecule has 0 radical (unpaired) electrons. The third-order valence-corrected chi connectivity index (χ3v) is 4.47. The van der Waals surface area contributed by atoms with Crippen LogP contribution in [0.1, 0.15) is 30.0 Å². The minimum Gasteiger partial charge on any atom is -0.480 e. The van der Waals surface area contributed by atoms with Gasteiger partial charge < -0.3 is 9.84 Å². The molecule has 1 unspecified atom stereocenters. The lowest BCUT2D eigenvalue weighted by molar-refractivity contribution is -0.145. The van der Waals surface area contributed by atoms with Gasteiger partial charge in [-0.3, -0.25) is 14.7 Å². The van der Waals surface area contributed by atoms with Crippen molar-refractivity contribution in [1.29, 1.82) is 0 Å². The molecule has 1 saturated heterocycles. The van der Waals surface area contributed by atoms with Crippen LogP contribution in [0.25, 0.3) is 0 Å². The Bertz CT molecular complexity index is 686. The van der Waals surface area contributed by atoms with Gasteiger partial charge in [-0.15, -0.1) is 0 Å². The van der Waals surface area contributed by atoms with E-state index in [9.17, 15) is 14.3 Å². The normalized spacial score (nSPS) is 17.3. The average molecular weight is 344 g/mol. The monoisotopic (exact) mass is 344 g/mol. The number of nitrogens with zero attached hydrogens (tertiary/aromatic N) is 2. The van der Waals surface area contributed by atoms with E-state index in [0.29, 0.717) is 25.3 Å². The van der Waals surface area contributed by atoms with Gasteiger partial charge in [0.25, 0.3) is 0 Å². The van der Waals surface area contributed by atoms with Crippen LogP contribution >= 0.6 is 0 Å². The van der Waals surface area contributed by atoms with E-state index in [1.807, 2.05) is 17.0 Å². The molecule has 0 saturated carbocycles. The Hall–Kier alpha value is -2.31. The highest BCUT2D eigenvalue weighted by molar-refractivity contribution is 5.75. The third-order valence-electron chi connectivity index (χ3n) is 4.47. The molecule has 25 heavy (non-hydrogen) atoms. The molecule has 1 atom stereocenters. The number of ether oxygens (including phenoxy) is 1. The number of halogens is 1. The molecule has 2 aromatic rings. The van der Waals surface area contributed by atoms with Crippen molar-refractivity contribution in [2.24, 2.45) is 0 Å². The Kier molecular flexibility index (Phi) is 5.73. The van der Waals surface area contributed by atoms with E-state index in [-0.39, 0.29) is 11.9 Å². The topological polar surface area (TPSA) is 62.7 Å². The van der Waals surface area contributed by atoms with Gasteiger partial charge in [0, 0.05) is 25.5 Å². The van der Waals surface area contributed by atoms with Gasteiger partial charge in [0.05, 0.1) is 12.7 Å². The summed E-state index contributed by atoms with van der Waals surface area (Å²) in [5.41, 5.74) is 1.63. The number of aliphatic carboxylic acids is 1. The Balaban J connectivity index is 1.56. The second-order valence-electron chi connectivity index (χ2n) is 6.20. The smallest absolute Gasteiger partial charge is 0.325 e. The average Bonchev–Trinajstić information content (AvgIpc) is 2.63. The van der Waals surface area contributed by atoms with Gasteiger partial charge in [-0.05, 0) is 42.2 Å². The molecule has 0 spiro atoms. The number of rotatable bonds is 6. The summed E-state index contributed by atoms with van der Waals surface area (Å²) < 4.78 is 19.0. The van der Waals surface area contributed by atoms with Crippen molar-refractivity contribution < 1.29 is 19.0 Å². The van der Waals surface area contributed by atoms with E-state index in [1.165, 1.54) is 12.1 Å². The lowest BCUT2D eigenvalue weighted by Crippen LogP contribution is -2.42. The predicted octanol–water partition coefficient (Wildman–Crippen LogP) is 3.03. The van der Waals surface area contributed by atoms with Crippen LogP contribution in [0.5, 0.6) is 0 Å². The van der Waals surface area contributed by atoms with E-state index in [1.54, 1.807) is 24.5 Å². The minimum absolute atomic E-state index is 0.110. The number of hydrogen-bond acceptors (Lipinski definition) is 4. The first kappa shape index (κ1) is 17.5. The summed E-state index contributed by atoms with van der Waals surface area (Å²) in [4.78, 5) is 17.7. The van der Waals surface area contributed by atoms with Gasteiger partial charge in [0.2, 0.25) is 0 Å². The minimum atomic E-state index is -0.915. The maximum Gasteiger partial charge on any atom is 0.325 e. The highest BCUT2D eigenvalue weighted by Gasteiger charge is 2.31. The molecule has 1 fully saturated rings. The van der Waals surface area contributed by atoms with Crippen LogP contribution in [0.3, 0.4) is 0 Å². The fourth-order valence-electron chi connectivity index (χ4n) is 3.15. The van der Waals surface area contributed by atoms with Crippen LogP contribution in [0.4, 0.5) is 4.39 Å². The fraction of sp³-hybridized carbons (Fsp3) is 0.368. The molecule has 3 rings (SSSR count). The van der Waals surface area contributed by atoms with Crippen molar-refractivity contribution >= 4 is 5.97 Å². The molecule has 0 aliphatic carbocycles. The molecule has 1 aliphatic rings. The standard InChI is InChI=1S/C19H21FN2O3/c20-16-5-3-15(4-6-16)18(19(23)24)22-10-7-17(8-11-22)25-13-14-2-1-9-21-12-14/h1-6,9,12,17-18H,7-8,10-11,13H2,(H,23,24). The largest absolute Gasteiger partial charge is 0.480 e. The molecule has 0 amide bonds. The van der Waals surface area contributed by atoms with Gasteiger partial charge >= 0.3 is 5.97 Å². The Morgan fingerprint density at radius 1 is 1.28 bits per heavy atom. The molecule has 1 aromatic heterocycles. The molecule has 2 heterocycles. The maximum atomic E-state index is 13.1. The van der Waals surface area contributed by atoms with E-state index >= 15 is 0 Å². The summed E-state index contributed by atoms with van der Waals surface area (Å²) >= 11 is 0. The van der Waals surface area contributed by atoms with Crippen LogP contribution in [0, 0.1) is 5.82 Å². The summed E-state index contributed by atoms with van der Waals surface area (Å²) in [7, 11) is 0. The summed E-state index contributed by atoms with van der Waals surface area (Å²) in [6.45, 7) is 1.77. The number of carbonyl (C=O) groups is 1. The number of carboxylic acids is 1. The van der Waals surface area contributed by atoms with Crippen LogP contribution in [0.15, 0.2) is 48.8 Å². The number of pyridine rings is 1. The lowest BCUT2D eigenvalue weighted by atomic mass is 10.0. The van der Waals surface area contributed by atoms with Crippen molar-refractivity contribution in [2.75, 3.05) is 13.1 Å². The maximum absolute atomic E-state index is 13.1. The van der Waals surface area contributed by atoms with Crippen molar-refractivity contribution in [1.82, 2.24) is 9.88 Å². The second-order valence-corrected chi connectivity index (χ2v) is 6.20. The Morgan fingerprint density at radius 2 is 2.00 bits per heavy atom. The summed E-state index contributed by atoms with van der Waals surface area (Å²) in [5.74, 6) is -1.28. The summed E-state index contributed by atoms with van der Waals surface area (Å²) in [6.07, 6.45) is 5.16. The van der Waals surface area contributed by atoms with Crippen LogP contribution < -0.4 is 0 Å². The number of hydrogen-bond donors (Lipinski definition) is 1. The molecular formula is C19H21FN2O3. The van der Waals surface area contributed by atoms with Crippen molar-refractivity contribution in [3.63, 3.8) is 0 Å². The van der Waals surface area contributed by atoms with E-state index in [2.05, 4.69) is 4.98 Å². The Morgan fingerprint density at radius 3 is 2.60 bits per heavy atom. The van der Waals surface area contributed by atoms with E-state index < -0.39 is 12.0 Å². The highest BCUT2D eigenvalue weighted by Crippen LogP contribution is 2.26. The number of benzene rings is 1. The van der Waals surface area contributed by atoms with E-state index in [0.717, 1.165) is 18.4 Å². The lowest BCUT2D eigenvalue weighted by Gasteiger charge is -2.35. The SMILES string of the molecule is O=C(O)C(c1ccc(F)cc1)N1CCC(OCc2cccnc2)CC1. The molecule has 1 aliphatic heterocycles. The number of carboxylic acid groups (broad SMARTS) is 1. The molecule has 6 heteroatoms. The number of piperidine rings is 1. The molecule has 1 aromatic carbocycles. The Labute approximate surface area is 146 Å². The summed E-state index contributed by atoms with van der Waals surface area (Å²) in [6, 6.07) is 8.78. The molecule has 1 N–H and O–H groups in total. The predicted molar refractivity (Wildman–Crippen MR) is 90.4 cm³/mol. The zero-order chi connectivity index (χ0) is 17.6. The number of likely N-dealkylation sites (tertiary alicyclic amines) is 1. The second kappa shape index (κ2) is 8.18. The van der Waals surface area contributed by atoms with Crippen molar-refractivity contribution in [3.8, 4) is 0 Å². The van der Waals surface area contributed by atoms with Crippen LogP contribution in [0.2, 0.25) is 0 Å². The van der Waals surface area contributed by atoms with Gasteiger partial charge in [-0.25, -0.2) is 4.39 Å². The third kappa shape index (κ3) is 4.61. The fourth-order valence-corrected chi connectivity index (χ4v) is 3.15. The molecular weight excluding hydrogens is 323 g/mol.